The third kappa shape index (κ3) is 3.47. The van der Waals surface area contributed by atoms with Gasteiger partial charge in [0.15, 0.2) is 0 Å². The quantitative estimate of drug-likeness (QED) is 0.782. The average molecular weight is 299 g/mol. The molecule has 2 atom stereocenters. The van der Waals surface area contributed by atoms with Crippen LogP contribution in [0.4, 0.5) is 0 Å². The largest absolute Gasteiger partial charge is 0.378 e. The minimum atomic E-state index is 0.183. The number of benzene rings is 1. The molecule has 0 saturated carbocycles. The molecule has 1 aromatic rings. The van der Waals surface area contributed by atoms with Crippen LogP contribution in [0.25, 0.3) is 0 Å². The van der Waals surface area contributed by atoms with Crippen molar-refractivity contribution in [2.75, 3.05) is 13.2 Å². The number of hydrogen-bond acceptors (Lipinski definition) is 3. The second-order valence-electron chi connectivity index (χ2n) is 6.77. The molecule has 2 aliphatic heterocycles. The van der Waals surface area contributed by atoms with Crippen molar-refractivity contribution >= 4 is 5.78 Å². The topological polar surface area (TPSA) is 29.5 Å². The van der Waals surface area contributed by atoms with Crippen molar-refractivity contribution in [1.29, 1.82) is 0 Å². The van der Waals surface area contributed by atoms with Crippen LogP contribution in [0.3, 0.4) is 0 Å². The monoisotopic (exact) mass is 299 g/mol. The number of ketones is 1. The lowest BCUT2D eigenvalue weighted by molar-refractivity contribution is -0.133. The van der Waals surface area contributed by atoms with Gasteiger partial charge in [-0.3, -0.25) is 9.69 Å². The van der Waals surface area contributed by atoms with Gasteiger partial charge in [0, 0.05) is 31.0 Å². The maximum Gasteiger partial charge on any atom is 0.140 e. The first-order chi connectivity index (χ1) is 10.6. The molecule has 2 unspecified atom stereocenters. The Morgan fingerprint density at radius 1 is 1.23 bits per heavy atom. The van der Waals surface area contributed by atoms with Crippen molar-refractivity contribution < 1.29 is 9.53 Å². The Labute approximate surface area is 133 Å². The third-order valence-corrected chi connectivity index (χ3v) is 4.81. The number of carbonyl (C=O) groups is 1. The van der Waals surface area contributed by atoms with Crippen LogP contribution in [-0.4, -0.2) is 36.0 Å². The van der Waals surface area contributed by atoms with Gasteiger partial charge in [0.1, 0.15) is 5.78 Å². The Morgan fingerprint density at radius 3 is 2.45 bits per heavy atom. The van der Waals surface area contributed by atoms with Gasteiger partial charge in [0.25, 0.3) is 0 Å². The molecule has 2 fully saturated rings. The second-order valence-corrected chi connectivity index (χ2v) is 6.77. The number of allylic oxidation sites excluding steroid dienone is 1. The number of hydrogen-bond donors (Lipinski definition) is 0. The van der Waals surface area contributed by atoms with Gasteiger partial charge in [-0.1, -0.05) is 42.5 Å². The molecule has 0 N–H and O–H groups in total. The highest BCUT2D eigenvalue weighted by Gasteiger charge is 2.40. The zero-order chi connectivity index (χ0) is 15.5. The molecule has 1 aromatic carbocycles. The minimum absolute atomic E-state index is 0.183. The smallest absolute Gasteiger partial charge is 0.140 e. The van der Waals surface area contributed by atoms with Gasteiger partial charge in [-0.05, 0) is 25.3 Å². The normalized spacial score (nSPS) is 28.3. The number of nitrogens with zero attached hydrogens (tertiary/aromatic N) is 1. The Morgan fingerprint density at radius 2 is 1.86 bits per heavy atom. The molecule has 2 heterocycles. The molecule has 0 aliphatic carbocycles. The lowest BCUT2D eigenvalue weighted by Gasteiger charge is -2.48. The van der Waals surface area contributed by atoms with E-state index in [0.29, 0.717) is 24.3 Å². The molecule has 3 nitrogen and oxygen atoms in total. The highest BCUT2D eigenvalue weighted by molar-refractivity contribution is 5.83. The van der Waals surface area contributed by atoms with E-state index in [9.17, 15) is 4.79 Å². The van der Waals surface area contributed by atoms with Crippen LogP contribution in [0.5, 0.6) is 0 Å². The average Bonchev–Trinajstić information content (AvgIpc) is 2.47. The first-order valence-electron chi connectivity index (χ1n) is 8.18. The first kappa shape index (κ1) is 15.4. The lowest BCUT2D eigenvalue weighted by Crippen LogP contribution is -2.57. The number of ether oxygens (including phenoxy) is 1. The Hall–Kier alpha value is -1.45. The van der Waals surface area contributed by atoms with E-state index in [0.717, 1.165) is 38.2 Å². The summed E-state index contributed by atoms with van der Waals surface area (Å²) >= 11 is 0. The molecule has 22 heavy (non-hydrogen) atoms. The van der Waals surface area contributed by atoms with Crippen molar-refractivity contribution in [2.24, 2.45) is 5.92 Å². The predicted octanol–water partition coefficient (Wildman–Crippen LogP) is 3.20. The Bertz CT molecular complexity index is 526. The van der Waals surface area contributed by atoms with E-state index >= 15 is 0 Å². The van der Waals surface area contributed by atoms with Gasteiger partial charge in [-0.15, -0.1) is 0 Å². The first-order valence-corrected chi connectivity index (χ1v) is 8.18. The van der Waals surface area contributed by atoms with Crippen molar-refractivity contribution in [3.8, 4) is 0 Å². The van der Waals surface area contributed by atoms with Gasteiger partial charge in [0.2, 0.25) is 0 Å². The number of rotatable bonds is 5. The zero-order valence-electron chi connectivity index (χ0n) is 13.3. The highest BCUT2D eigenvalue weighted by atomic mass is 16.5. The molecule has 3 rings (SSSR count). The Kier molecular flexibility index (Phi) is 4.74. The molecular weight excluding hydrogens is 274 g/mol. The second kappa shape index (κ2) is 6.76. The minimum Gasteiger partial charge on any atom is -0.378 e. The fraction of sp³-hybridized carbons (Fsp3) is 0.526. The zero-order valence-corrected chi connectivity index (χ0v) is 13.3. The number of Topliss-reactive ketones (excluding diaryl/α,β-unsaturated/α-hetero) is 1. The lowest BCUT2D eigenvalue weighted by atomic mass is 9.81. The number of carbonyl (C=O) groups excluding carboxylic acids is 1. The van der Waals surface area contributed by atoms with Gasteiger partial charge < -0.3 is 4.74 Å². The molecule has 3 heteroatoms. The molecule has 0 aromatic heterocycles. The fourth-order valence-corrected chi connectivity index (χ4v) is 3.75. The van der Waals surface area contributed by atoms with Gasteiger partial charge in [0.05, 0.1) is 13.2 Å². The van der Waals surface area contributed by atoms with Crippen molar-refractivity contribution in [1.82, 2.24) is 4.90 Å². The van der Waals surface area contributed by atoms with E-state index in [1.165, 1.54) is 5.56 Å². The van der Waals surface area contributed by atoms with Gasteiger partial charge in [-0.2, -0.15) is 0 Å². The SMILES string of the molecule is C=C(C)CC(=O)C1CC2COCC(C1)N2Cc1ccccc1. The summed E-state index contributed by atoms with van der Waals surface area (Å²) in [7, 11) is 0. The van der Waals surface area contributed by atoms with Gasteiger partial charge in [-0.25, -0.2) is 0 Å². The van der Waals surface area contributed by atoms with Crippen LogP contribution in [0.1, 0.15) is 31.7 Å². The van der Waals surface area contributed by atoms with E-state index in [2.05, 4.69) is 41.8 Å². The summed E-state index contributed by atoms with van der Waals surface area (Å²) in [6.07, 6.45) is 2.38. The van der Waals surface area contributed by atoms with Crippen LogP contribution < -0.4 is 0 Å². The van der Waals surface area contributed by atoms with Crippen molar-refractivity contribution in [3.63, 3.8) is 0 Å². The highest BCUT2D eigenvalue weighted by Crippen LogP contribution is 2.34. The summed E-state index contributed by atoms with van der Waals surface area (Å²) in [6.45, 7) is 8.27. The molecule has 0 spiro atoms. The molecular formula is C19H25NO2. The van der Waals surface area contributed by atoms with Crippen LogP contribution in [0, 0.1) is 5.92 Å². The molecule has 118 valence electrons. The molecule has 2 saturated heterocycles. The molecule has 0 radical (unpaired) electrons. The molecule has 0 amide bonds. The van der Waals surface area contributed by atoms with Crippen molar-refractivity contribution in [2.45, 2.75) is 44.8 Å². The van der Waals surface area contributed by atoms with Crippen LogP contribution in [0.2, 0.25) is 0 Å². The summed E-state index contributed by atoms with van der Waals surface area (Å²) in [5, 5.41) is 0. The maximum atomic E-state index is 12.4. The molecule has 2 bridgehead atoms. The van der Waals surface area contributed by atoms with Gasteiger partial charge >= 0.3 is 0 Å². The maximum absolute atomic E-state index is 12.4. The van der Waals surface area contributed by atoms with Crippen molar-refractivity contribution in [3.05, 3.63) is 48.0 Å². The summed E-state index contributed by atoms with van der Waals surface area (Å²) in [6, 6.07) is 11.3. The number of morpholine rings is 1. The third-order valence-electron chi connectivity index (χ3n) is 4.81. The van der Waals surface area contributed by atoms with E-state index < -0.39 is 0 Å². The Balaban J connectivity index is 1.68. The predicted molar refractivity (Wildman–Crippen MR) is 87.5 cm³/mol. The summed E-state index contributed by atoms with van der Waals surface area (Å²) < 4.78 is 5.74. The van der Waals surface area contributed by atoms with Crippen LogP contribution in [-0.2, 0) is 16.1 Å². The standard InChI is InChI=1S/C19H25NO2/c1-14(2)8-19(21)16-9-17-12-22-13-18(10-16)20(17)11-15-6-4-3-5-7-15/h3-7,16-18H,1,8-13H2,2H3. The number of fused-ring (bicyclic) bond motifs is 2. The summed E-state index contributed by atoms with van der Waals surface area (Å²) in [5.41, 5.74) is 2.31. The number of piperidine rings is 1. The van der Waals surface area contributed by atoms with E-state index in [1.807, 2.05) is 6.92 Å². The van der Waals surface area contributed by atoms with Crippen LogP contribution in [0.15, 0.2) is 42.5 Å². The van der Waals surface area contributed by atoms with E-state index in [-0.39, 0.29) is 5.92 Å². The fourth-order valence-electron chi connectivity index (χ4n) is 3.75. The van der Waals surface area contributed by atoms with Crippen LogP contribution >= 0.6 is 0 Å². The summed E-state index contributed by atoms with van der Waals surface area (Å²) in [5.74, 6) is 0.548. The van der Waals surface area contributed by atoms with E-state index in [1.54, 1.807) is 0 Å². The van der Waals surface area contributed by atoms with E-state index in [4.69, 9.17) is 4.74 Å². The molecule has 2 aliphatic rings. The summed E-state index contributed by atoms with van der Waals surface area (Å²) in [4.78, 5) is 14.9.